The summed E-state index contributed by atoms with van der Waals surface area (Å²) in [7, 11) is -1.47. The van der Waals surface area contributed by atoms with Crippen molar-refractivity contribution in [1.82, 2.24) is 0 Å². The fraction of sp³-hybridized carbons (Fsp3) is 0.200. The van der Waals surface area contributed by atoms with E-state index in [1.807, 2.05) is 13.0 Å². The van der Waals surface area contributed by atoms with Gasteiger partial charge in [0.2, 0.25) is 0 Å². The van der Waals surface area contributed by atoms with E-state index in [0.717, 1.165) is 24.1 Å². The molecule has 0 aliphatic rings. The molecule has 2 rings (SSSR count). The summed E-state index contributed by atoms with van der Waals surface area (Å²) < 4.78 is 33.9. The van der Waals surface area contributed by atoms with Crippen molar-refractivity contribution in [3.05, 3.63) is 55.1 Å². The molecule has 2 aromatic rings. The highest BCUT2D eigenvalue weighted by Crippen LogP contribution is 2.50. The second-order valence-corrected chi connectivity index (χ2v) is 7.78. The Labute approximate surface area is 163 Å². The second-order valence-electron chi connectivity index (χ2n) is 5.57. The first-order chi connectivity index (χ1) is 13.3. The lowest BCUT2D eigenvalue weighted by atomic mass is 10.0. The summed E-state index contributed by atoms with van der Waals surface area (Å²) in [5.41, 5.74) is 0.957. The molecule has 0 aliphatic carbocycles. The van der Waals surface area contributed by atoms with E-state index in [-0.39, 0.29) is 16.8 Å². The average molecular weight is 404 g/mol. The van der Waals surface area contributed by atoms with Crippen LogP contribution in [0.25, 0.3) is 10.8 Å². The van der Waals surface area contributed by atoms with Gasteiger partial charge in [-0.2, -0.15) is 0 Å². The molecule has 0 fully saturated rings. The minimum atomic E-state index is -3.87. The molecule has 0 aliphatic heterocycles. The van der Waals surface area contributed by atoms with Crippen LogP contribution >= 0.6 is 7.60 Å². The SMILES string of the molecule is C=CC(=O)Oc1cc(P(=O)(OC)OC)c(OC(=O)C=C)c2ccc(CC)cc12. The number of esters is 2. The Morgan fingerprint density at radius 3 is 2.14 bits per heavy atom. The lowest BCUT2D eigenvalue weighted by molar-refractivity contribution is -0.129. The van der Waals surface area contributed by atoms with Crippen LogP contribution in [0, 0.1) is 0 Å². The van der Waals surface area contributed by atoms with Crippen LogP contribution in [0.2, 0.25) is 0 Å². The van der Waals surface area contributed by atoms with Gasteiger partial charge in [0.25, 0.3) is 0 Å². The molecule has 2 aromatic carbocycles. The summed E-state index contributed by atoms with van der Waals surface area (Å²) in [5, 5.41) is 0.825. The molecule has 0 amide bonds. The highest BCUT2D eigenvalue weighted by atomic mass is 31.2. The molecule has 0 radical (unpaired) electrons. The number of aryl methyl sites for hydroxylation is 1. The topological polar surface area (TPSA) is 88.1 Å². The molecule has 0 aromatic heterocycles. The van der Waals surface area contributed by atoms with Crippen LogP contribution in [0.1, 0.15) is 12.5 Å². The lowest BCUT2D eigenvalue weighted by Gasteiger charge is -2.20. The molecule has 0 unspecified atom stereocenters. The van der Waals surface area contributed by atoms with Crippen molar-refractivity contribution < 1.29 is 32.7 Å². The van der Waals surface area contributed by atoms with Crippen LogP contribution in [-0.4, -0.2) is 26.2 Å². The molecule has 0 spiro atoms. The summed E-state index contributed by atoms with van der Waals surface area (Å²) in [4.78, 5) is 23.7. The van der Waals surface area contributed by atoms with Gasteiger partial charge in [0, 0.05) is 43.2 Å². The molecule has 8 heteroatoms. The molecule has 7 nitrogen and oxygen atoms in total. The van der Waals surface area contributed by atoms with Crippen molar-refractivity contribution in [1.29, 1.82) is 0 Å². The van der Waals surface area contributed by atoms with E-state index in [1.165, 1.54) is 20.3 Å². The predicted molar refractivity (Wildman–Crippen MR) is 106 cm³/mol. The Morgan fingerprint density at radius 1 is 1.00 bits per heavy atom. The fourth-order valence-electron chi connectivity index (χ4n) is 2.58. The van der Waals surface area contributed by atoms with Gasteiger partial charge < -0.3 is 18.5 Å². The largest absolute Gasteiger partial charge is 0.423 e. The lowest BCUT2D eigenvalue weighted by Crippen LogP contribution is -2.17. The maximum Gasteiger partial charge on any atom is 0.364 e. The van der Waals surface area contributed by atoms with Gasteiger partial charge in [0.15, 0.2) is 5.75 Å². The number of carbonyl (C=O) groups is 2. The molecular weight excluding hydrogens is 383 g/mol. The van der Waals surface area contributed by atoms with E-state index in [0.29, 0.717) is 10.8 Å². The van der Waals surface area contributed by atoms with Crippen LogP contribution in [-0.2, 0) is 29.6 Å². The van der Waals surface area contributed by atoms with Crippen molar-refractivity contribution >= 4 is 35.6 Å². The standard InChI is InChI=1S/C20H21O7P/c1-6-13-9-10-14-15(11-13)16(26-18(21)7-2)12-17(28(23,24-4)25-5)20(14)27-19(22)8-3/h7-12H,2-3,6H2,1,4-5H3. The van der Waals surface area contributed by atoms with E-state index >= 15 is 0 Å². The Hall–Kier alpha value is -2.73. The number of rotatable bonds is 8. The highest BCUT2D eigenvalue weighted by Gasteiger charge is 2.33. The van der Waals surface area contributed by atoms with Crippen LogP contribution in [0.4, 0.5) is 0 Å². The minimum Gasteiger partial charge on any atom is -0.423 e. The zero-order valence-electron chi connectivity index (χ0n) is 15.9. The number of ether oxygens (including phenoxy) is 2. The molecule has 0 saturated heterocycles. The molecule has 0 N–H and O–H groups in total. The van der Waals surface area contributed by atoms with Crippen LogP contribution in [0.5, 0.6) is 11.5 Å². The third kappa shape index (κ3) is 4.22. The van der Waals surface area contributed by atoms with Gasteiger partial charge >= 0.3 is 19.5 Å². The van der Waals surface area contributed by atoms with E-state index in [1.54, 1.807) is 12.1 Å². The number of fused-ring (bicyclic) bond motifs is 1. The molecule has 0 atom stereocenters. The van der Waals surface area contributed by atoms with Crippen molar-refractivity contribution in [2.45, 2.75) is 13.3 Å². The summed E-state index contributed by atoms with van der Waals surface area (Å²) in [6, 6.07) is 6.61. The zero-order valence-corrected chi connectivity index (χ0v) is 16.8. The molecule has 0 bridgehead atoms. The normalized spacial score (nSPS) is 11.1. The Balaban J connectivity index is 2.94. The van der Waals surface area contributed by atoms with Crippen molar-refractivity contribution in [3.63, 3.8) is 0 Å². The fourth-order valence-corrected chi connectivity index (χ4v) is 3.81. The van der Waals surface area contributed by atoms with Crippen LogP contribution in [0.3, 0.4) is 0 Å². The smallest absolute Gasteiger partial charge is 0.364 e. The van der Waals surface area contributed by atoms with Gasteiger partial charge in [0.05, 0.1) is 0 Å². The summed E-state index contributed by atoms with van der Waals surface area (Å²) in [6.07, 6.45) is 2.71. The summed E-state index contributed by atoms with van der Waals surface area (Å²) in [5.74, 6) is -1.36. The number of hydrogen-bond acceptors (Lipinski definition) is 7. The molecule has 0 saturated carbocycles. The first-order valence-corrected chi connectivity index (χ1v) is 9.88. The van der Waals surface area contributed by atoms with E-state index in [2.05, 4.69) is 13.2 Å². The third-order valence-electron chi connectivity index (χ3n) is 4.03. The Kier molecular flexibility index (Phi) is 6.91. The number of carbonyl (C=O) groups excluding carboxylic acids is 2. The minimum absolute atomic E-state index is 0.0204. The van der Waals surface area contributed by atoms with Gasteiger partial charge in [-0.1, -0.05) is 32.2 Å². The van der Waals surface area contributed by atoms with Gasteiger partial charge in [-0.05, 0) is 18.1 Å². The maximum absolute atomic E-state index is 13.1. The quantitative estimate of drug-likeness (QED) is 0.287. The maximum atomic E-state index is 13.1. The van der Waals surface area contributed by atoms with Crippen molar-refractivity contribution in [2.24, 2.45) is 0 Å². The van der Waals surface area contributed by atoms with E-state index < -0.39 is 19.5 Å². The summed E-state index contributed by atoms with van der Waals surface area (Å²) in [6.45, 7) is 8.73. The third-order valence-corrected chi connectivity index (χ3v) is 5.91. The zero-order chi connectivity index (χ0) is 20.9. The highest BCUT2D eigenvalue weighted by molar-refractivity contribution is 7.62. The van der Waals surface area contributed by atoms with Gasteiger partial charge in [0.1, 0.15) is 11.1 Å². The van der Waals surface area contributed by atoms with Gasteiger partial charge in [-0.3, -0.25) is 4.57 Å². The van der Waals surface area contributed by atoms with Gasteiger partial charge in [-0.25, -0.2) is 9.59 Å². The van der Waals surface area contributed by atoms with Crippen molar-refractivity contribution in [2.75, 3.05) is 14.2 Å². The number of hydrogen-bond donors (Lipinski definition) is 0. The van der Waals surface area contributed by atoms with Crippen LogP contribution in [0.15, 0.2) is 49.6 Å². The Morgan fingerprint density at radius 2 is 1.61 bits per heavy atom. The second kappa shape index (κ2) is 8.97. The summed E-state index contributed by atoms with van der Waals surface area (Å²) >= 11 is 0. The molecule has 0 heterocycles. The number of benzene rings is 2. The van der Waals surface area contributed by atoms with Gasteiger partial charge in [-0.15, -0.1) is 0 Å². The van der Waals surface area contributed by atoms with E-state index in [9.17, 15) is 14.2 Å². The first kappa shape index (κ1) is 21.6. The monoisotopic (exact) mass is 404 g/mol. The van der Waals surface area contributed by atoms with E-state index in [4.69, 9.17) is 18.5 Å². The first-order valence-electron chi connectivity index (χ1n) is 8.33. The Bertz CT molecular complexity index is 986. The van der Waals surface area contributed by atoms with Crippen LogP contribution < -0.4 is 14.8 Å². The average Bonchev–Trinajstić information content (AvgIpc) is 2.73. The molecule has 28 heavy (non-hydrogen) atoms. The molecule has 148 valence electrons. The molecular formula is C20H21O7P. The van der Waals surface area contributed by atoms with Crippen molar-refractivity contribution in [3.8, 4) is 11.5 Å². The predicted octanol–water partition coefficient (Wildman–Crippen LogP) is 3.70.